The zero-order valence-corrected chi connectivity index (χ0v) is 13.3. The van der Waals surface area contributed by atoms with Crippen LogP contribution < -0.4 is 5.32 Å². The minimum absolute atomic E-state index is 0.682. The number of hydrogen-bond acceptors (Lipinski definition) is 2. The van der Waals surface area contributed by atoms with E-state index in [0.29, 0.717) is 12.1 Å². The summed E-state index contributed by atoms with van der Waals surface area (Å²) in [4.78, 5) is 2.72. The highest BCUT2D eigenvalue weighted by molar-refractivity contribution is 5.14. The third kappa shape index (κ3) is 4.32. The lowest BCUT2D eigenvalue weighted by Gasteiger charge is -2.42. The summed E-state index contributed by atoms with van der Waals surface area (Å²) in [7, 11) is 0. The predicted octanol–water partition coefficient (Wildman–Crippen LogP) is 3.33. The highest BCUT2D eigenvalue weighted by Crippen LogP contribution is 2.17. The van der Waals surface area contributed by atoms with Crippen molar-refractivity contribution in [2.45, 2.75) is 52.1 Å². The van der Waals surface area contributed by atoms with Crippen molar-refractivity contribution in [2.24, 2.45) is 5.92 Å². The monoisotopic (exact) mass is 274 g/mol. The molecule has 0 spiro atoms. The van der Waals surface area contributed by atoms with Gasteiger partial charge in [-0.1, -0.05) is 51.1 Å². The maximum atomic E-state index is 3.70. The number of rotatable bonds is 6. The Morgan fingerprint density at radius 1 is 1.25 bits per heavy atom. The van der Waals surface area contributed by atoms with E-state index in [1.54, 1.807) is 0 Å². The second-order valence-electron chi connectivity index (χ2n) is 6.41. The molecule has 2 nitrogen and oxygen atoms in total. The Morgan fingerprint density at radius 3 is 2.65 bits per heavy atom. The van der Waals surface area contributed by atoms with Gasteiger partial charge < -0.3 is 5.32 Å². The van der Waals surface area contributed by atoms with Crippen molar-refractivity contribution < 1.29 is 0 Å². The van der Waals surface area contributed by atoms with Crippen LogP contribution in [0.5, 0.6) is 0 Å². The molecule has 20 heavy (non-hydrogen) atoms. The molecule has 0 radical (unpaired) electrons. The summed E-state index contributed by atoms with van der Waals surface area (Å²) in [5, 5.41) is 3.70. The molecule has 1 N–H and O–H groups in total. The molecule has 112 valence electrons. The van der Waals surface area contributed by atoms with Gasteiger partial charge in [0.25, 0.3) is 0 Å². The van der Waals surface area contributed by atoms with E-state index in [9.17, 15) is 0 Å². The number of nitrogens with one attached hydrogen (secondary N) is 1. The molecular formula is C18H30N2. The quantitative estimate of drug-likeness (QED) is 0.856. The fourth-order valence-electron chi connectivity index (χ4n) is 3.22. The Kier molecular flexibility index (Phi) is 6.06. The third-order valence-electron chi connectivity index (χ3n) is 4.56. The van der Waals surface area contributed by atoms with Gasteiger partial charge in [-0.2, -0.15) is 0 Å². The van der Waals surface area contributed by atoms with Gasteiger partial charge in [-0.15, -0.1) is 0 Å². The summed E-state index contributed by atoms with van der Waals surface area (Å²) in [5.41, 5.74) is 1.47. The summed E-state index contributed by atoms with van der Waals surface area (Å²) in [5.74, 6) is 0.733. The maximum Gasteiger partial charge on any atom is 0.0244 e. The van der Waals surface area contributed by atoms with Gasteiger partial charge in [0.05, 0.1) is 0 Å². The van der Waals surface area contributed by atoms with E-state index in [1.165, 1.54) is 37.9 Å². The summed E-state index contributed by atoms with van der Waals surface area (Å²) in [6.45, 7) is 10.6. The van der Waals surface area contributed by atoms with Crippen LogP contribution in [0.1, 0.15) is 39.2 Å². The smallest absolute Gasteiger partial charge is 0.0244 e. The fraction of sp³-hybridized carbons (Fsp3) is 0.667. The average molecular weight is 274 g/mol. The largest absolute Gasteiger partial charge is 0.311 e. The van der Waals surface area contributed by atoms with Gasteiger partial charge in [0.2, 0.25) is 0 Å². The fourth-order valence-corrected chi connectivity index (χ4v) is 3.22. The van der Waals surface area contributed by atoms with Crippen molar-refractivity contribution in [2.75, 3.05) is 19.6 Å². The van der Waals surface area contributed by atoms with Gasteiger partial charge in [0.1, 0.15) is 0 Å². The van der Waals surface area contributed by atoms with Crippen molar-refractivity contribution >= 4 is 0 Å². The first-order valence-electron chi connectivity index (χ1n) is 8.22. The predicted molar refractivity (Wildman–Crippen MR) is 87.0 cm³/mol. The number of hydrogen-bond donors (Lipinski definition) is 1. The second-order valence-corrected chi connectivity index (χ2v) is 6.41. The van der Waals surface area contributed by atoms with Gasteiger partial charge in [-0.25, -0.2) is 0 Å². The molecule has 0 saturated carbocycles. The Morgan fingerprint density at radius 2 is 2.00 bits per heavy atom. The summed E-state index contributed by atoms with van der Waals surface area (Å²) >= 11 is 0. The molecule has 0 bridgehead atoms. The van der Waals surface area contributed by atoms with Crippen LogP contribution in [-0.4, -0.2) is 36.6 Å². The molecule has 1 aliphatic heterocycles. The van der Waals surface area contributed by atoms with Crippen LogP contribution in [0.25, 0.3) is 0 Å². The van der Waals surface area contributed by atoms with E-state index in [4.69, 9.17) is 0 Å². The van der Waals surface area contributed by atoms with Crippen LogP contribution in [0.15, 0.2) is 30.3 Å². The van der Waals surface area contributed by atoms with Gasteiger partial charge in [-0.05, 0) is 37.3 Å². The number of benzene rings is 1. The summed E-state index contributed by atoms with van der Waals surface area (Å²) < 4.78 is 0. The van der Waals surface area contributed by atoms with E-state index in [2.05, 4.69) is 61.3 Å². The average Bonchev–Trinajstić information content (AvgIpc) is 2.48. The SMILES string of the molecule is CCC1CN(CCCc2ccccc2)C(C(C)C)CN1. The third-order valence-corrected chi connectivity index (χ3v) is 4.56. The Balaban J connectivity index is 1.84. The minimum atomic E-state index is 0.682. The van der Waals surface area contributed by atoms with Crippen LogP contribution in [0.4, 0.5) is 0 Å². The molecule has 2 heteroatoms. The second kappa shape index (κ2) is 7.80. The Hall–Kier alpha value is -0.860. The molecule has 1 aromatic carbocycles. The highest BCUT2D eigenvalue weighted by atomic mass is 15.2. The van der Waals surface area contributed by atoms with Crippen molar-refractivity contribution in [1.29, 1.82) is 0 Å². The van der Waals surface area contributed by atoms with Gasteiger partial charge in [0, 0.05) is 25.2 Å². The molecule has 0 amide bonds. The number of nitrogens with zero attached hydrogens (tertiary/aromatic N) is 1. The molecule has 1 fully saturated rings. The van der Waals surface area contributed by atoms with E-state index in [1.807, 2.05) is 0 Å². The van der Waals surface area contributed by atoms with E-state index in [0.717, 1.165) is 12.5 Å². The van der Waals surface area contributed by atoms with Crippen LogP contribution >= 0.6 is 0 Å². The topological polar surface area (TPSA) is 15.3 Å². The van der Waals surface area contributed by atoms with Gasteiger partial charge >= 0.3 is 0 Å². The van der Waals surface area contributed by atoms with Crippen LogP contribution in [-0.2, 0) is 6.42 Å². The molecule has 1 aliphatic rings. The summed E-state index contributed by atoms with van der Waals surface area (Å²) in [6, 6.07) is 12.3. The van der Waals surface area contributed by atoms with E-state index >= 15 is 0 Å². The Bertz CT molecular complexity index is 374. The summed E-state index contributed by atoms with van der Waals surface area (Å²) in [6.07, 6.45) is 3.70. The van der Waals surface area contributed by atoms with E-state index < -0.39 is 0 Å². The molecule has 2 atom stereocenters. The lowest BCUT2D eigenvalue weighted by molar-refractivity contribution is 0.0961. The Labute approximate surface area is 124 Å². The first kappa shape index (κ1) is 15.5. The zero-order chi connectivity index (χ0) is 14.4. The zero-order valence-electron chi connectivity index (χ0n) is 13.3. The number of aryl methyl sites for hydroxylation is 1. The molecule has 2 rings (SSSR count). The van der Waals surface area contributed by atoms with Gasteiger partial charge in [-0.3, -0.25) is 4.90 Å². The van der Waals surface area contributed by atoms with Crippen LogP contribution in [0.2, 0.25) is 0 Å². The lowest BCUT2D eigenvalue weighted by Crippen LogP contribution is -2.58. The van der Waals surface area contributed by atoms with E-state index in [-0.39, 0.29) is 0 Å². The van der Waals surface area contributed by atoms with Crippen molar-refractivity contribution in [3.05, 3.63) is 35.9 Å². The molecule has 2 unspecified atom stereocenters. The van der Waals surface area contributed by atoms with Crippen molar-refractivity contribution in [3.8, 4) is 0 Å². The lowest BCUT2D eigenvalue weighted by atomic mass is 9.97. The molecule has 1 heterocycles. The van der Waals surface area contributed by atoms with Crippen molar-refractivity contribution in [3.63, 3.8) is 0 Å². The normalized spacial score (nSPS) is 24.2. The first-order chi connectivity index (χ1) is 9.70. The molecule has 0 aromatic heterocycles. The van der Waals surface area contributed by atoms with Crippen LogP contribution in [0, 0.1) is 5.92 Å². The minimum Gasteiger partial charge on any atom is -0.311 e. The maximum absolute atomic E-state index is 3.70. The molecule has 1 saturated heterocycles. The standard InChI is InChI=1S/C18H30N2/c1-4-17-14-20(18(13-19-17)15(2)3)12-8-11-16-9-6-5-7-10-16/h5-7,9-10,15,17-19H,4,8,11-14H2,1-3H3. The van der Waals surface area contributed by atoms with Crippen LogP contribution in [0.3, 0.4) is 0 Å². The highest BCUT2D eigenvalue weighted by Gasteiger charge is 2.28. The van der Waals surface area contributed by atoms with Crippen molar-refractivity contribution in [1.82, 2.24) is 10.2 Å². The molecule has 1 aromatic rings. The first-order valence-corrected chi connectivity index (χ1v) is 8.22. The molecule has 0 aliphatic carbocycles. The number of piperazine rings is 1. The molecular weight excluding hydrogens is 244 g/mol. The van der Waals surface area contributed by atoms with Gasteiger partial charge in [0.15, 0.2) is 0 Å².